The second kappa shape index (κ2) is 5.16. The highest BCUT2D eigenvalue weighted by Gasteiger charge is 2.25. The molecule has 1 aliphatic rings. The number of hydrogen-bond acceptors (Lipinski definition) is 5. The number of carbonyl (C=O) groups excluding carboxylic acids is 1. The fourth-order valence-corrected chi connectivity index (χ4v) is 1.42. The van der Waals surface area contributed by atoms with Crippen molar-refractivity contribution in [1.29, 1.82) is 0 Å². The number of nitrogens with two attached hydrogens (primary N) is 1. The fourth-order valence-electron chi connectivity index (χ4n) is 1.42. The Kier molecular flexibility index (Phi) is 3.61. The molecule has 0 saturated carbocycles. The summed E-state index contributed by atoms with van der Waals surface area (Å²) in [5.41, 5.74) is 6.60. The van der Waals surface area contributed by atoms with Gasteiger partial charge in [-0.15, -0.1) is 0 Å². The van der Waals surface area contributed by atoms with Crippen LogP contribution in [0, 0.1) is 0 Å². The SMILES string of the molecule is N[C@@H](Cc1ccc(O)cc1)C(=O)OCC1CO1. The largest absolute Gasteiger partial charge is 0.508 e. The molecule has 0 amide bonds. The quantitative estimate of drug-likeness (QED) is 0.564. The molecule has 1 heterocycles. The summed E-state index contributed by atoms with van der Waals surface area (Å²) in [5, 5.41) is 9.12. The molecule has 0 aromatic heterocycles. The molecule has 1 aromatic carbocycles. The van der Waals surface area contributed by atoms with Crippen LogP contribution in [0.4, 0.5) is 0 Å². The Labute approximate surface area is 99.1 Å². The van der Waals surface area contributed by atoms with Gasteiger partial charge in [-0.2, -0.15) is 0 Å². The molecule has 1 unspecified atom stereocenters. The van der Waals surface area contributed by atoms with Gasteiger partial charge in [0, 0.05) is 0 Å². The maximum atomic E-state index is 11.5. The monoisotopic (exact) mass is 237 g/mol. The lowest BCUT2D eigenvalue weighted by molar-refractivity contribution is -0.145. The van der Waals surface area contributed by atoms with E-state index < -0.39 is 12.0 Å². The van der Waals surface area contributed by atoms with E-state index in [4.69, 9.17) is 20.3 Å². The molecule has 0 aliphatic carbocycles. The van der Waals surface area contributed by atoms with E-state index in [-0.39, 0.29) is 18.5 Å². The van der Waals surface area contributed by atoms with Crippen LogP contribution in [-0.2, 0) is 20.7 Å². The first-order valence-electron chi connectivity index (χ1n) is 5.47. The third-order valence-electron chi connectivity index (χ3n) is 2.51. The summed E-state index contributed by atoms with van der Waals surface area (Å²) >= 11 is 0. The number of hydrogen-bond donors (Lipinski definition) is 2. The minimum absolute atomic E-state index is 0.0554. The molecule has 0 bridgehead atoms. The predicted octanol–water partition coefficient (Wildman–Crippen LogP) is 0.204. The molecule has 2 rings (SSSR count). The number of rotatable bonds is 5. The van der Waals surface area contributed by atoms with Crippen LogP contribution in [-0.4, -0.2) is 36.4 Å². The maximum absolute atomic E-state index is 11.5. The van der Waals surface area contributed by atoms with E-state index in [1.807, 2.05) is 0 Å². The van der Waals surface area contributed by atoms with E-state index in [1.165, 1.54) is 0 Å². The lowest BCUT2D eigenvalue weighted by Crippen LogP contribution is -2.35. The molecule has 1 aliphatic heterocycles. The third kappa shape index (κ3) is 3.72. The van der Waals surface area contributed by atoms with Crippen molar-refractivity contribution in [3.8, 4) is 5.75 Å². The predicted molar refractivity (Wildman–Crippen MR) is 60.5 cm³/mol. The van der Waals surface area contributed by atoms with Crippen LogP contribution in [0.2, 0.25) is 0 Å². The van der Waals surface area contributed by atoms with Gasteiger partial charge in [0.25, 0.3) is 0 Å². The van der Waals surface area contributed by atoms with Gasteiger partial charge in [-0.05, 0) is 24.1 Å². The first-order chi connectivity index (χ1) is 8.15. The zero-order chi connectivity index (χ0) is 12.3. The van der Waals surface area contributed by atoms with Crippen LogP contribution in [0.3, 0.4) is 0 Å². The van der Waals surface area contributed by atoms with Crippen molar-refractivity contribution in [3.63, 3.8) is 0 Å². The molecular weight excluding hydrogens is 222 g/mol. The maximum Gasteiger partial charge on any atom is 0.323 e. The summed E-state index contributed by atoms with van der Waals surface area (Å²) in [4.78, 5) is 11.5. The van der Waals surface area contributed by atoms with Gasteiger partial charge in [-0.3, -0.25) is 4.79 Å². The van der Waals surface area contributed by atoms with E-state index in [1.54, 1.807) is 24.3 Å². The van der Waals surface area contributed by atoms with Crippen LogP contribution in [0.1, 0.15) is 5.56 Å². The number of benzene rings is 1. The van der Waals surface area contributed by atoms with E-state index in [0.29, 0.717) is 13.0 Å². The lowest BCUT2D eigenvalue weighted by atomic mass is 10.1. The molecule has 1 aromatic rings. The van der Waals surface area contributed by atoms with Gasteiger partial charge in [-0.1, -0.05) is 12.1 Å². The van der Waals surface area contributed by atoms with Gasteiger partial charge in [0.05, 0.1) is 6.61 Å². The first-order valence-corrected chi connectivity index (χ1v) is 5.47. The summed E-state index contributed by atoms with van der Waals surface area (Å²) in [6.45, 7) is 0.933. The molecule has 3 N–H and O–H groups in total. The second-order valence-corrected chi connectivity index (χ2v) is 4.06. The van der Waals surface area contributed by atoms with Gasteiger partial charge < -0.3 is 20.3 Å². The second-order valence-electron chi connectivity index (χ2n) is 4.06. The standard InChI is InChI=1S/C12H15NO4/c13-11(12(15)17-7-10-6-16-10)5-8-1-3-9(14)4-2-8/h1-4,10-11,14H,5-7,13H2/t10?,11-/m0/s1. The zero-order valence-electron chi connectivity index (χ0n) is 9.33. The lowest BCUT2D eigenvalue weighted by Gasteiger charge is -2.10. The summed E-state index contributed by atoms with van der Waals surface area (Å²) in [5.74, 6) is -0.232. The van der Waals surface area contributed by atoms with E-state index in [9.17, 15) is 4.79 Å². The van der Waals surface area contributed by atoms with Gasteiger partial charge >= 0.3 is 5.97 Å². The molecule has 0 spiro atoms. The normalized spacial score (nSPS) is 19.7. The molecule has 92 valence electrons. The summed E-state index contributed by atoms with van der Waals surface area (Å²) in [7, 11) is 0. The van der Waals surface area contributed by atoms with E-state index in [2.05, 4.69) is 0 Å². The molecule has 5 heteroatoms. The number of phenolic OH excluding ortho intramolecular Hbond substituents is 1. The third-order valence-corrected chi connectivity index (χ3v) is 2.51. The molecule has 1 saturated heterocycles. The molecule has 1 fully saturated rings. The van der Waals surface area contributed by atoms with Crippen molar-refractivity contribution < 1.29 is 19.4 Å². The Morgan fingerprint density at radius 1 is 1.53 bits per heavy atom. The average Bonchev–Trinajstić information content (AvgIpc) is 3.13. The Morgan fingerprint density at radius 2 is 2.18 bits per heavy atom. The number of esters is 1. The van der Waals surface area contributed by atoms with E-state index >= 15 is 0 Å². The molecule has 5 nitrogen and oxygen atoms in total. The minimum Gasteiger partial charge on any atom is -0.508 e. The first kappa shape index (κ1) is 11.9. The Balaban J connectivity index is 1.80. The van der Waals surface area contributed by atoms with Crippen LogP contribution in [0.15, 0.2) is 24.3 Å². The van der Waals surface area contributed by atoms with Crippen LogP contribution >= 0.6 is 0 Å². The summed E-state index contributed by atoms with van der Waals surface area (Å²) in [6.07, 6.45) is 0.449. The van der Waals surface area contributed by atoms with Crippen molar-refractivity contribution >= 4 is 5.97 Å². The average molecular weight is 237 g/mol. The van der Waals surface area contributed by atoms with Crippen molar-refractivity contribution in [2.45, 2.75) is 18.6 Å². The van der Waals surface area contributed by atoms with Crippen LogP contribution < -0.4 is 5.73 Å². The van der Waals surface area contributed by atoms with Crippen LogP contribution in [0.5, 0.6) is 5.75 Å². The topological polar surface area (TPSA) is 85.1 Å². The van der Waals surface area contributed by atoms with Crippen molar-refractivity contribution in [2.75, 3.05) is 13.2 Å². The number of epoxide rings is 1. The number of carbonyl (C=O) groups is 1. The fraction of sp³-hybridized carbons (Fsp3) is 0.417. The van der Waals surface area contributed by atoms with Gasteiger partial charge in [0.15, 0.2) is 0 Å². The highest BCUT2D eigenvalue weighted by atomic mass is 16.6. The molecule has 0 radical (unpaired) electrons. The Morgan fingerprint density at radius 3 is 2.76 bits per heavy atom. The van der Waals surface area contributed by atoms with Crippen molar-refractivity contribution in [3.05, 3.63) is 29.8 Å². The molecule has 17 heavy (non-hydrogen) atoms. The van der Waals surface area contributed by atoms with Crippen molar-refractivity contribution in [2.24, 2.45) is 5.73 Å². The smallest absolute Gasteiger partial charge is 0.323 e. The number of phenols is 1. The molecule has 2 atom stereocenters. The Hall–Kier alpha value is -1.59. The zero-order valence-corrected chi connectivity index (χ0v) is 9.33. The highest BCUT2D eigenvalue weighted by Crippen LogP contribution is 2.12. The number of aromatic hydroxyl groups is 1. The minimum atomic E-state index is -0.682. The molecular formula is C12H15NO4. The van der Waals surface area contributed by atoms with Gasteiger partial charge in [-0.25, -0.2) is 0 Å². The highest BCUT2D eigenvalue weighted by molar-refractivity contribution is 5.75. The van der Waals surface area contributed by atoms with Crippen LogP contribution in [0.25, 0.3) is 0 Å². The van der Waals surface area contributed by atoms with Gasteiger partial charge in [0.1, 0.15) is 24.5 Å². The van der Waals surface area contributed by atoms with Gasteiger partial charge in [0.2, 0.25) is 0 Å². The van der Waals surface area contributed by atoms with E-state index in [0.717, 1.165) is 5.56 Å². The summed E-state index contributed by atoms with van der Waals surface area (Å²) < 4.78 is 9.91. The Bertz CT molecular complexity index is 386. The summed E-state index contributed by atoms with van der Waals surface area (Å²) in [6, 6.07) is 5.90. The van der Waals surface area contributed by atoms with Crippen molar-refractivity contribution in [1.82, 2.24) is 0 Å². The number of ether oxygens (including phenoxy) is 2.